The highest BCUT2D eigenvalue weighted by Crippen LogP contribution is 2.40. The van der Waals surface area contributed by atoms with Crippen molar-refractivity contribution in [2.24, 2.45) is 12.2 Å². The van der Waals surface area contributed by atoms with E-state index >= 15 is 0 Å². The molecule has 1 heterocycles. The van der Waals surface area contributed by atoms with Crippen molar-refractivity contribution in [3.05, 3.63) is 87.1 Å². The lowest BCUT2D eigenvalue weighted by atomic mass is 9.84. The Labute approximate surface area is 233 Å². The topological polar surface area (TPSA) is 108 Å². The van der Waals surface area contributed by atoms with Crippen molar-refractivity contribution in [1.29, 1.82) is 0 Å². The van der Waals surface area contributed by atoms with Crippen LogP contribution in [0.3, 0.4) is 0 Å². The predicted octanol–water partition coefficient (Wildman–Crippen LogP) is 5.24. The molecule has 7 nitrogen and oxygen atoms in total. The molecule has 0 fully saturated rings. The maximum atomic E-state index is 13.8. The van der Waals surface area contributed by atoms with Crippen LogP contribution in [0.2, 0.25) is 0 Å². The zero-order valence-corrected chi connectivity index (χ0v) is 24.7. The van der Waals surface area contributed by atoms with Gasteiger partial charge in [0.25, 0.3) is 5.56 Å². The molecule has 210 valence electrons. The molecule has 0 radical (unpaired) electrons. The fraction of sp³-hybridized carbons (Fsp3) is 0.379. The summed E-state index contributed by atoms with van der Waals surface area (Å²) in [6.07, 6.45) is 2.31. The number of pyridine rings is 1. The number of methoxy groups -OCH3 is 1. The smallest absolute Gasteiger partial charge is 0.250 e. The third-order valence-corrected chi connectivity index (χ3v) is 9.22. The van der Waals surface area contributed by atoms with E-state index in [1.807, 2.05) is 20.8 Å². The largest absolute Gasteiger partial charge is 0.496 e. The third-order valence-electron chi connectivity index (χ3n) is 6.79. The minimum Gasteiger partial charge on any atom is -0.496 e. The molecule has 0 aliphatic rings. The average molecular weight is 575 g/mol. The van der Waals surface area contributed by atoms with Gasteiger partial charge in [-0.05, 0) is 73.7 Å². The molecule has 0 aliphatic carbocycles. The summed E-state index contributed by atoms with van der Waals surface area (Å²) in [6, 6.07) is 9.94. The Morgan fingerprint density at radius 3 is 2.36 bits per heavy atom. The van der Waals surface area contributed by atoms with Crippen molar-refractivity contribution >= 4 is 27.6 Å². The normalized spacial score (nSPS) is 12.8. The number of carbonyl (C=O) groups is 1. The van der Waals surface area contributed by atoms with Gasteiger partial charge < -0.3 is 9.30 Å². The number of halogens is 1. The Kier molecular flexibility index (Phi) is 9.46. The van der Waals surface area contributed by atoms with Gasteiger partial charge in [-0.3, -0.25) is 14.7 Å². The summed E-state index contributed by atoms with van der Waals surface area (Å²) in [5, 5.41) is 5.91. The van der Waals surface area contributed by atoms with Gasteiger partial charge in [-0.2, -0.15) is 0 Å². The maximum absolute atomic E-state index is 13.8. The van der Waals surface area contributed by atoms with E-state index in [1.54, 1.807) is 32.3 Å². The molecule has 3 aromatic rings. The van der Waals surface area contributed by atoms with Crippen molar-refractivity contribution in [1.82, 2.24) is 4.57 Å². The van der Waals surface area contributed by atoms with Crippen LogP contribution in [-0.2, 0) is 22.6 Å². The first-order valence-electron chi connectivity index (χ1n) is 12.5. The number of carbonyl (C=O) groups excluding carboxylic acids is 1. The van der Waals surface area contributed by atoms with E-state index in [1.165, 1.54) is 54.0 Å². The quantitative estimate of drug-likeness (QED) is 0.246. The Hall–Kier alpha value is -2.95. The number of sulfone groups is 1. The molecule has 0 saturated carbocycles. The highest BCUT2D eigenvalue weighted by atomic mass is 32.2. The molecule has 0 amide bonds. The SMILES string of the molecule is CCS(=O)(=O)Cc1cc(-c2cn(C)c(=O)cc2[C@@H](C)CC(C)(C)SN)c(C(=O)c2ccc(F)cc2)cc1OC. The summed E-state index contributed by atoms with van der Waals surface area (Å²) in [6.45, 7) is 7.59. The number of rotatable bonds is 11. The molecular weight excluding hydrogens is 539 g/mol. The lowest BCUT2D eigenvalue weighted by Gasteiger charge is -2.27. The zero-order valence-electron chi connectivity index (χ0n) is 23.1. The van der Waals surface area contributed by atoms with Gasteiger partial charge in [-0.15, -0.1) is 0 Å². The summed E-state index contributed by atoms with van der Waals surface area (Å²) in [4.78, 5) is 26.6. The van der Waals surface area contributed by atoms with Crippen LogP contribution in [0.5, 0.6) is 5.75 Å². The van der Waals surface area contributed by atoms with Crippen LogP contribution in [0, 0.1) is 5.82 Å². The van der Waals surface area contributed by atoms with Gasteiger partial charge in [-0.25, -0.2) is 12.8 Å². The van der Waals surface area contributed by atoms with Crippen LogP contribution in [0.25, 0.3) is 11.1 Å². The number of nitrogens with zero attached hydrogens (tertiary/aromatic N) is 1. The van der Waals surface area contributed by atoms with Crippen molar-refractivity contribution in [3.8, 4) is 16.9 Å². The second kappa shape index (κ2) is 12.1. The summed E-state index contributed by atoms with van der Waals surface area (Å²) in [5.74, 6) is -1.08. The van der Waals surface area contributed by atoms with Crippen molar-refractivity contribution in [3.63, 3.8) is 0 Å². The number of benzene rings is 2. The first-order chi connectivity index (χ1) is 18.2. The molecule has 2 aromatic carbocycles. The molecule has 1 aromatic heterocycles. The standard InChI is InChI=1S/C29H35FN2O5S2/c1-7-39(35,36)17-20-12-23(24(13-26(20)37-6)28(34)19-8-10-21(30)11-9-19)25-16-32(5)27(33)14-22(25)18(2)15-29(3,4)38-31/h8-14,16,18H,7,15,17,31H2,1-6H3/t18-/m0/s1. The highest BCUT2D eigenvalue weighted by molar-refractivity contribution is 7.98. The Bertz CT molecular complexity index is 1530. The highest BCUT2D eigenvalue weighted by Gasteiger charge is 2.27. The molecule has 0 bridgehead atoms. The summed E-state index contributed by atoms with van der Waals surface area (Å²) >= 11 is 1.23. The van der Waals surface area contributed by atoms with E-state index < -0.39 is 21.4 Å². The third kappa shape index (κ3) is 7.17. The minimum atomic E-state index is -3.44. The van der Waals surface area contributed by atoms with Gasteiger partial charge in [0, 0.05) is 52.1 Å². The number of aromatic nitrogens is 1. The van der Waals surface area contributed by atoms with Crippen LogP contribution in [0.15, 0.2) is 53.5 Å². The molecule has 10 heteroatoms. The molecular formula is C29H35FN2O5S2. The van der Waals surface area contributed by atoms with Crippen LogP contribution in [0.4, 0.5) is 4.39 Å². The summed E-state index contributed by atoms with van der Waals surface area (Å²) in [5.41, 5.74) is 2.47. The number of hydrogen-bond donors (Lipinski definition) is 1. The fourth-order valence-electron chi connectivity index (χ4n) is 4.61. The van der Waals surface area contributed by atoms with Crippen LogP contribution in [0.1, 0.15) is 67.1 Å². The van der Waals surface area contributed by atoms with E-state index in [4.69, 9.17) is 9.88 Å². The molecule has 0 unspecified atom stereocenters. The Morgan fingerprint density at radius 2 is 1.79 bits per heavy atom. The average Bonchev–Trinajstić information content (AvgIpc) is 2.89. The van der Waals surface area contributed by atoms with Crippen LogP contribution in [-0.4, -0.2) is 36.4 Å². The van der Waals surface area contributed by atoms with Gasteiger partial charge >= 0.3 is 0 Å². The number of ketones is 1. The molecule has 0 saturated heterocycles. The van der Waals surface area contributed by atoms with E-state index in [-0.39, 0.29) is 44.6 Å². The molecule has 1 atom stereocenters. The molecule has 39 heavy (non-hydrogen) atoms. The molecule has 0 aliphatic heterocycles. The first-order valence-corrected chi connectivity index (χ1v) is 15.2. The number of nitrogens with two attached hydrogens (primary N) is 1. The Morgan fingerprint density at radius 1 is 1.15 bits per heavy atom. The van der Waals surface area contributed by atoms with Crippen LogP contribution < -0.4 is 15.4 Å². The first kappa shape index (κ1) is 30.6. The lowest BCUT2D eigenvalue weighted by Crippen LogP contribution is -2.23. The molecule has 3 rings (SSSR count). The number of ether oxygens (including phenoxy) is 1. The lowest BCUT2D eigenvalue weighted by molar-refractivity contribution is 0.103. The van der Waals surface area contributed by atoms with Gasteiger partial charge in [0.05, 0.1) is 12.9 Å². The van der Waals surface area contributed by atoms with Crippen molar-refractivity contribution < 1.29 is 22.3 Å². The van der Waals surface area contributed by atoms with E-state index in [9.17, 15) is 22.4 Å². The number of hydrogen-bond acceptors (Lipinski definition) is 7. The monoisotopic (exact) mass is 574 g/mol. The van der Waals surface area contributed by atoms with Gasteiger partial charge in [0.1, 0.15) is 11.6 Å². The van der Waals surface area contributed by atoms with Gasteiger partial charge in [-0.1, -0.05) is 25.8 Å². The van der Waals surface area contributed by atoms with Gasteiger partial charge in [0.15, 0.2) is 15.6 Å². The van der Waals surface area contributed by atoms with Crippen LogP contribution >= 0.6 is 11.9 Å². The van der Waals surface area contributed by atoms with E-state index in [0.29, 0.717) is 28.7 Å². The summed E-state index contributed by atoms with van der Waals surface area (Å²) < 4.78 is 45.5. The van der Waals surface area contributed by atoms with Crippen molar-refractivity contribution in [2.75, 3.05) is 12.9 Å². The predicted molar refractivity (Wildman–Crippen MR) is 156 cm³/mol. The van der Waals surface area contributed by atoms with Gasteiger partial charge in [0.2, 0.25) is 0 Å². The molecule has 2 N–H and O–H groups in total. The summed E-state index contributed by atoms with van der Waals surface area (Å²) in [7, 11) is -0.411. The van der Waals surface area contributed by atoms with E-state index in [0.717, 1.165) is 0 Å². The second-order valence-electron chi connectivity index (χ2n) is 10.3. The zero-order chi connectivity index (χ0) is 29.1. The maximum Gasteiger partial charge on any atom is 0.250 e. The minimum absolute atomic E-state index is 0.0598. The second-order valence-corrected chi connectivity index (χ2v) is 14.0. The Balaban J connectivity index is 2.37. The molecule has 0 spiro atoms. The van der Waals surface area contributed by atoms with E-state index in [2.05, 4.69) is 0 Å². The number of aryl methyl sites for hydroxylation is 1. The fourth-order valence-corrected chi connectivity index (χ4v) is 5.86. The van der Waals surface area contributed by atoms with Crippen molar-refractivity contribution in [2.45, 2.75) is 50.5 Å².